The van der Waals surface area contributed by atoms with Gasteiger partial charge in [0, 0.05) is 4.88 Å². The number of thiophene rings is 1. The molecule has 0 aliphatic carbocycles. The van der Waals surface area contributed by atoms with Crippen LogP contribution in [0.4, 0.5) is 0 Å². The monoisotopic (exact) mass is 440 g/mol. The molecular formula is C26H32O4S. The van der Waals surface area contributed by atoms with Gasteiger partial charge in [0.2, 0.25) is 0 Å². The van der Waals surface area contributed by atoms with Gasteiger partial charge >= 0.3 is 0 Å². The Hall–Kier alpha value is -2.18. The van der Waals surface area contributed by atoms with Gasteiger partial charge in [-0.05, 0) is 70.8 Å². The van der Waals surface area contributed by atoms with Gasteiger partial charge in [0.1, 0.15) is 6.61 Å². The van der Waals surface area contributed by atoms with Gasteiger partial charge < -0.3 is 20.1 Å². The van der Waals surface area contributed by atoms with E-state index in [1.165, 1.54) is 11.1 Å². The van der Waals surface area contributed by atoms with Gasteiger partial charge in [-0.15, -0.1) is 0 Å². The molecule has 0 bridgehead atoms. The van der Waals surface area contributed by atoms with Gasteiger partial charge in [-0.25, -0.2) is 0 Å². The number of aliphatic hydroxyl groups excluding tert-OH is 2. The first-order valence-electron chi connectivity index (χ1n) is 10.9. The number of aliphatic hydroxyl groups is 3. The minimum absolute atomic E-state index is 0.0855. The van der Waals surface area contributed by atoms with Crippen molar-refractivity contribution in [1.82, 2.24) is 0 Å². The summed E-state index contributed by atoms with van der Waals surface area (Å²) in [5.41, 5.74) is 5.02. The molecule has 2 aromatic carbocycles. The van der Waals surface area contributed by atoms with Gasteiger partial charge in [-0.1, -0.05) is 62.4 Å². The Kier molecular flexibility index (Phi) is 7.89. The Morgan fingerprint density at radius 1 is 0.839 bits per heavy atom. The lowest BCUT2D eigenvalue weighted by Gasteiger charge is -2.27. The summed E-state index contributed by atoms with van der Waals surface area (Å²) in [5.74, 6) is 0. The van der Waals surface area contributed by atoms with E-state index in [9.17, 15) is 15.3 Å². The molecule has 0 aliphatic rings. The second kappa shape index (κ2) is 10.4. The minimum atomic E-state index is -0.773. The molecule has 0 fully saturated rings. The second-order valence-corrected chi connectivity index (χ2v) is 8.84. The van der Waals surface area contributed by atoms with Crippen LogP contribution in [0.1, 0.15) is 61.4 Å². The first-order valence-corrected chi connectivity index (χ1v) is 11.7. The molecular weight excluding hydrogens is 408 g/mol. The molecule has 31 heavy (non-hydrogen) atoms. The van der Waals surface area contributed by atoms with Gasteiger partial charge in [-0.2, -0.15) is 0 Å². The number of benzene rings is 2. The Balaban J connectivity index is 1.77. The van der Waals surface area contributed by atoms with Crippen molar-refractivity contribution in [3.8, 4) is 15.5 Å². The lowest BCUT2D eigenvalue weighted by atomic mass is 9.86. The predicted molar refractivity (Wildman–Crippen MR) is 126 cm³/mol. The molecule has 0 amide bonds. The molecule has 0 radical (unpaired) electrons. The molecule has 0 saturated heterocycles. The van der Waals surface area contributed by atoms with E-state index in [1.54, 1.807) is 11.3 Å². The van der Waals surface area contributed by atoms with Crippen LogP contribution >= 0.6 is 11.3 Å². The number of aryl methyl sites for hydroxylation is 1. The fraction of sp³-hybridized carbons (Fsp3) is 0.385. The quantitative estimate of drug-likeness (QED) is 0.387. The zero-order valence-electron chi connectivity index (χ0n) is 18.5. The third kappa shape index (κ3) is 5.18. The van der Waals surface area contributed by atoms with Crippen LogP contribution in [-0.4, -0.2) is 15.3 Å². The lowest BCUT2D eigenvalue weighted by molar-refractivity contribution is 0.0283. The first kappa shape index (κ1) is 23.5. The summed E-state index contributed by atoms with van der Waals surface area (Å²) in [7, 11) is 0. The summed E-state index contributed by atoms with van der Waals surface area (Å²) >= 11 is 1.60. The van der Waals surface area contributed by atoms with Gasteiger partial charge in [-0.3, -0.25) is 0 Å². The maximum Gasteiger partial charge on any atom is 0.174 e. The normalized spacial score (nSPS) is 11.7. The zero-order valence-corrected chi connectivity index (χ0v) is 19.3. The van der Waals surface area contributed by atoms with Gasteiger partial charge in [0.25, 0.3) is 0 Å². The Labute approximate surface area is 188 Å². The molecule has 166 valence electrons. The van der Waals surface area contributed by atoms with Crippen molar-refractivity contribution in [1.29, 1.82) is 0 Å². The number of ether oxygens (including phenoxy) is 1. The first-order chi connectivity index (χ1) is 15.0. The summed E-state index contributed by atoms with van der Waals surface area (Å²) in [4.78, 5) is 1.14. The van der Waals surface area contributed by atoms with E-state index in [4.69, 9.17) is 4.74 Å². The standard InChI is InChI=1S/C26H32O4S/c1-4-19-14-22(26(29,5-2)6-3)9-10-23(19)24-11-12-25(31-24)30-17-18-7-8-20(15-27)21(13-18)16-28/h7-14,27-29H,4-6,15-17H2,1-3H3. The fourth-order valence-corrected chi connectivity index (χ4v) is 4.76. The van der Waals surface area contributed by atoms with E-state index in [0.29, 0.717) is 19.4 Å². The molecule has 0 atom stereocenters. The smallest absolute Gasteiger partial charge is 0.174 e. The molecule has 3 rings (SSSR count). The summed E-state index contributed by atoms with van der Waals surface area (Å²) in [6.07, 6.45) is 2.28. The van der Waals surface area contributed by atoms with E-state index in [1.807, 2.05) is 44.2 Å². The highest BCUT2D eigenvalue weighted by Crippen LogP contribution is 2.38. The molecule has 3 aromatic rings. The third-order valence-corrected chi connectivity index (χ3v) is 7.06. The molecule has 1 aromatic heterocycles. The lowest BCUT2D eigenvalue weighted by Crippen LogP contribution is -2.23. The molecule has 0 aliphatic heterocycles. The minimum Gasteiger partial charge on any atom is -0.479 e. The van der Waals surface area contributed by atoms with Crippen LogP contribution in [0.25, 0.3) is 10.4 Å². The molecule has 3 N–H and O–H groups in total. The van der Waals surface area contributed by atoms with Gasteiger partial charge in [0.15, 0.2) is 5.06 Å². The summed E-state index contributed by atoms with van der Waals surface area (Å²) in [6, 6.07) is 16.0. The van der Waals surface area contributed by atoms with E-state index < -0.39 is 5.60 Å². The number of hydrogen-bond acceptors (Lipinski definition) is 5. The molecule has 0 saturated carbocycles. The molecule has 1 heterocycles. The maximum absolute atomic E-state index is 10.9. The number of hydrogen-bond donors (Lipinski definition) is 3. The summed E-state index contributed by atoms with van der Waals surface area (Å²) in [6.45, 7) is 6.39. The predicted octanol–water partition coefficient (Wildman–Crippen LogP) is 5.55. The van der Waals surface area contributed by atoms with Crippen LogP contribution in [-0.2, 0) is 31.8 Å². The van der Waals surface area contributed by atoms with Crippen LogP contribution < -0.4 is 4.74 Å². The van der Waals surface area contributed by atoms with Crippen molar-refractivity contribution in [3.63, 3.8) is 0 Å². The fourth-order valence-electron chi connectivity index (χ4n) is 3.84. The van der Waals surface area contributed by atoms with Crippen LogP contribution in [0.15, 0.2) is 48.5 Å². The van der Waals surface area contributed by atoms with Crippen molar-refractivity contribution >= 4 is 11.3 Å². The van der Waals surface area contributed by atoms with Crippen LogP contribution in [0.5, 0.6) is 5.06 Å². The second-order valence-electron chi connectivity index (χ2n) is 7.79. The topological polar surface area (TPSA) is 69.9 Å². The highest BCUT2D eigenvalue weighted by Gasteiger charge is 2.25. The Bertz CT molecular complexity index is 1000. The molecule has 0 unspecified atom stereocenters. The highest BCUT2D eigenvalue weighted by atomic mass is 32.1. The van der Waals surface area contributed by atoms with Crippen LogP contribution in [0.2, 0.25) is 0 Å². The van der Waals surface area contributed by atoms with Crippen molar-refractivity contribution in [2.45, 2.75) is 65.5 Å². The molecule has 0 spiro atoms. The van der Waals surface area contributed by atoms with Crippen molar-refractivity contribution in [3.05, 3.63) is 76.3 Å². The SMILES string of the molecule is CCc1cc(C(O)(CC)CC)ccc1-c1ccc(OCc2ccc(CO)c(CO)c2)s1. The van der Waals surface area contributed by atoms with E-state index >= 15 is 0 Å². The Morgan fingerprint density at radius 3 is 2.23 bits per heavy atom. The average Bonchev–Trinajstić information content (AvgIpc) is 3.30. The largest absolute Gasteiger partial charge is 0.479 e. The number of rotatable bonds is 10. The third-order valence-electron chi connectivity index (χ3n) is 6.03. The van der Waals surface area contributed by atoms with E-state index in [-0.39, 0.29) is 13.2 Å². The van der Waals surface area contributed by atoms with E-state index in [0.717, 1.165) is 38.6 Å². The Morgan fingerprint density at radius 2 is 1.58 bits per heavy atom. The summed E-state index contributed by atoms with van der Waals surface area (Å²) < 4.78 is 5.99. The van der Waals surface area contributed by atoms with Crippen molar-refractivity contribution in [2.24, 2.45) is 0 Å². The molecule has 4 nitrogen and oxygen atoms in total. The van der Waals surface area contributed by atoms with Crippen molar-refractivity contribution < 1.29 is 20.1 Å². The van der Waals surface area contributed by atoms with Crippen molar-refractivity contribution in [2.75, 3.05) is 0 Å². The zero-order chi connectivity index (χ0) is 22.4. The molecule has 5 heteroatoms. The maximum atomic E-state index is 10.9. The van der Waals surface area contributed by atoms with Gasteiger partial charge in [0.05, 0.1) is 18.8 Å². The summed E-state index contributed by atoms with van der Waals surface area (Å²) in [5, 5.41) is 30.5. The van der Waals surface area contributed by atoms with Crippen LogP contribution in [0, 0.1) is 0 Å². The highest BCUT2D eigenvalue weighted by molar-refractivity contribution is 7.17. The average molecular weight is 441 g/mol. The van der Waals surface area contributed by atoms with Crippen LogP contribution in [0.3, 0.4) is 0 Å². The van der Waals surface area contributed by atoms with E-state index in [2.05, 4.69) is 25.1 Å².